The van der Waals surface area contributed by atoms with Crippen LogP contribution in [-0.2, 0) is 0 Å². The summed E-state index contributed by atoms with van der Waals surface area (Å²) in [6.45, 7) is 4.25. The van der Waals surface area contributed by atoms with Crippen LogP contribution in [0, 0.1) is 5.92 Å². The number of hydrogen-bond donors (Lipinski definition) is 1. The Morgan fingerprint density at radius 3 is 2.27 bits per heavy atom. The minimum Gasteiger partial charge on any atom is -0.326 e. The van der Waals surface area contributed by atoms with Crippen molar-refractivity contribution in [2.24, 2.45) is 11.7 Å². The normalized spacial score (nSPS) is 21.0. The quantitative estimate of drug-likeness (QED) is 0.666. The average Bonchev–Trinajstić information content (AvgIpc) is 2.32. The molecule has 1 fully saturated rings. The predicted octanol–water partition coefficient (Wildman–Crippen LogP) is 2.69. The van der Waals surface area contributed by atoms with Gasteiger partial charge in [-0.15, -0.1) is 0 Å². The lowest BCUT2D eigenvalue weighted by molar-refractivity contribution is 0.389. The monoisotopic (exact) mass is 155 g/mol. The van der Waals surface area contributed by atoms with Gasteiger partial charge in [-0.25, -0.2) is 0 Å². The Balaban J connectivity index is 2.11. The highest BCUT2D eigenvalue weighted by Gasteiger charge is 2.18. The summed E-state index contributed by atoms with van der Waals surface area (Å²) < 4.78 is 0. The molecule has 1 aliphatic carbocycles. The van der Waals surface area contributed by atoms with Gasteiger partial charge in [0.2, 0.25) is 0 Å². The molecule has 0 heterocycles. The van der Waals surface area contributed by atoms with E-state index < -0.39 is 0 Å². The van der Waals surface area contributed by atoms with Crippen molar-refractivity contribution in [1.82, 2.24) is 0 Å². The molecule has 1 aliphatic rings. The van der Waals surface area contributed by atoms with E-state index >= 15 is 0 Å². The van der Waals surface area contributed by atoms with Gasteiger partial charge in [0, 0.05) is 5.54 Å². The number of nitrogens with two attached hydrogens (primary N) is 1. The SMILES string of the molecule is CC(C)(N)CCC1CCCC1. The highest BCUT2D eigenvalue weighted by atomic mass is 14.7. The summed E-state index contributed by atoms with van der Waals surface area (Å²) in [6, 6.07) is 0. The van der Waals surface area contributed by atoms with Gasteiger partial charge < -0.3 is 5.73 Å². The van der Waals surface area contributed by atoms with Crippen LogP contribution in [0.3, 0.4) is 0 Å². The zero-order valence-corrected chi connectivity index (χ0v) is 7.90. The fraction of sp³-hybridized carbons (Fsp3) is 1.00. The molecule has 1 heteroatoms. The van der Waals surface area contributed by atoms with Crippen LogP contribution in [0.15, 0.2) is 0 Å². The molecule has 0 unspecified atom stereocenters. The molecule has 1 rings (SSSR count). The van der Waals surface area contributed by atoms with Crippen LogP contribution in [0.1, 0.15) is 52.4 Å². The Labute approximate surface area is 70.4 Å². The van der Waals surface area contributed by atoms with Crippen LogP contribution in [0.25, 0.3) is 0 Å². The lowest BCUT2D eigenvalue weighted by atomic mass is 9.92. The summed E-state index contributed by atoms with van der Waals surface area (Å²) in [5, 5.41) is 0. The molecular formula is C10H21N. The first-order chi connectivity index (χ1) is 5.08. The van der Waals surface area contributed by atoms with Crippen molar-refractivity contribution in [3.05, 3.63) is 0 Å². The summed E-state index contributed by atoms with van der Waals surface area (Å²) in [7, 11) is 0. The summed E-state index contributed by atoms with van der Waals surface area (Å²) >= 11 is 0. The van der Waals surface area contributed by atoms with Gasteiger partial charge in [0.05, 0.1) is 0 Å². The molecule has 0 aromatic heterocycles. The van der Waals surface area contributed by atoms with Crippen molar-refractivity contribution in [1.29, 1.82) is 0 Å². The van der Waals surface area contributed by atoms with Crippen molar-refractivity contribution < 1.29 is 0 Å². The largest absolute Gasteiger partial charge is 0.326 e. The molecule has 0 aromatic carbocycles. The van der Waals surface area contributed by atoms with Gasteiger partial charge in [-0.2, -0.15) is 0 Å². The van der Waals surface area contributed by atoms with Gasteiger partial charge in [-0.3, -0.25) is 0 Å². The van der Waals surface area contributed by atoms with E-state index in [9.17, 15) is 0 Å². The molecule has 0 saturated heterocycles. The number of hydrogen-bond acceptors (Lipinski definition) is 1. The standard InChI is InChI=1S/C10H21N/c1-10(2,11)8-7-9-5-3-4-6-9/h9H,3-8,11H2,1-2H3. The van der Waals surface area contributed by atoms with Gasteiger partial charge in [0.1, 0.15) is 0 Å². The molecule has 2 N–H and O–H groups in total. The van der Waals surface area contributed by atoms with Crippen LogP contribution in [-0.4, -0.2) is 5.54 Å². The van der Waals surface area contributed by atoms with E-state index in [-0.39, 0.29) is 5.54 Å². The van der Waals surface area contributed by atoms with Gasteiger partial charge in [-0.05, 0) is 32.6 Å². The van der Waals surface area contributed by atoms with E-state index in [1.54, 1.807) is 0 Å². The molecule has 1 saturated carbocycles. The Morgan fingerprint density at radius 2 is 1.82 bits per heavy atom. The first kappa shape index (κ1) is 9.05. The Morgan fingerprint density at radius 1 is 1.27 bits per heavy atom. The Bertz CT molecular complexity index is 107. The summed E-state index contributed by atoms with van der Waals surface area (Å²) in [6.07, 6.45) is 8.36. The van der Waals surface area contributed by atoms with E-state index in [2.05, 4.69) is 13.8 Å². The Hall–Kier alpha value is -0.0400. The second-order valence-electron chi connectivity index (χ2n) is 4.68. The van der Waals surface area contributed by atoms with E-state index in [0.29, 0.717) is 0 Å². The smallest absolute Gasteiger partial charge is 0.00971 e. The second kappa shape index (κ2) is 3.57. The van der Waals surface area contributed by atoms with Crippen LogP contribution < -0.4 is 5.73 Å². The van der Waals surface area contributed by atoms with E-state index in [1.807, 2.05) is 0 Å². The maximum Gasteiger partial charge on any atom is 0.00971 e. The lowest BCUT2D eigenvalue weighted by Crippen LogP contribution is -2.32. The summed E-state index contributed by atoms with van der Waals surface area (Å²) in [5.41, 5.74) is 5.97. The van der Waals surface area contributed by atoms with Crippen LogP contribution >= 0.6 is 0 Å². The van der Waals surface area contributed by atoms with Crippen molar-refractivity contribution in [2.45, 2.75) is 57.9 Å². The first-order valence-electron chi connectivity index (χ1n) is 4.87. The minimum atomic E-state index is 0.0581. The zero-order valence-electron chi connectivity index (χ0n) is 7.90. The van der Waals surface area contributed by atoms with Crippen molar-refractivity contribution in [3.8, 4) is 0 Å². The van der Waals surface area contributed by atoms with Gasteiger partial charge in [0.25, 0.3) is 0 Å². The average molecular weight is 155 g/mol. The molecule has 0 amide bonds. The topological polar surface area (TPSA) is 26.0 Å². The molecule has 0 spiro atoms. The molecular weight excluding hydrogens is 134 g/mol. The molecule has 0 aliphatic heterocycles. The minimum absolute atomic E-state index is 0.0581. The third-order valence-electron chi connectivity index (χ3n) is 2.67. The fourth-order valence-electron chi connectivity index (χ4n) is 1.88. The van der Waals surface area contributed by atoms with Gasteiger partial charge >= 0.3 is 0 Å². The van der Waals surface area contributed by atoms with Crippen molar-refractivity contribution in [2.75, 3.05) is 0 Å². The molecule has 11 heavy (non-hydrogen) atoms. The molecule has 0 aromatic rings. The third-order valence-corrected chi connectivity index (χ3v) is 2.67. The maximum absolute atomic E-state index is 5.91. The van der Waals surface area contributed by atoms with Crippen LogP contribution in [0.4, 0.5) is 0 Å². The van der Waals surface area contributed by atoms with E-state index in [4.69, 9.17) is 5.73 Å². The van der Waals surface area contributed by atoms with Crippen molar-refractivity contribution >= 4 is 0 Å². The molecule has 1 nitrogen and oxygen atoms in total. The lowest BCUT2D eigenvalue weighted by Gasteiger charge is -2.20. The van der Waals surface area contributed by atoms with Gasteiger partial charge in [-0.1, -0.05) is 25.7 Å². The summed E-state index contributed by atoms with van der Waals surface area (Å²) in [5.74, 6) is 0.998. The molecule has 66 valence electrons. The highest BCUT2D eigenvalue weighted by molar-refractivity contribution is 4.75. The number of rotatable bonds is 3. The first-order valence-corrected chi connectivity index (χ1v) is 4.87. The zero-order chi connectivity index (χ0) is 8.32. The molecule has 0 radical (unpaired) electrons. The van der Waals surface area contributed by atoms with E-state index in [1.165, 1.54) is 38.5 Å². The van der Waals surface area contributed by atoms with Crippen LogP contribution in [0.5, 0.6) is 0 Å². The van der Waals surface area contributed by atoms with Crippen LogP contribution in [0.2, 0.25) is 0 Å². The molecule has 0 bridgehead atoms. The van der Waals surface area contributed by atoms with Gasteiger partial charge in [0.15, 0.2) is 0 Å². The molecule has 0 atom stereocenters. The highest BCUT2D eigenvalue weighted by Crippen LogP contribution is 2.29. The fourth-order valence-corrected chi connectivity index (χ4v) is 1.88. The summed E-state index contributed by atoms with van der Waals surface area (Å²) in [4.78, 5) is 0. The second-order valence-corrected chi connectivity index (χ2v) is 4.68. The van der Waals surface area contributed by atoms with E-state index in [0.717, 1.165) is 5.92 Å². The van der Waals surface area contributed by atoms with Crippen molar-refractivity contribution in [3.63, 3.8) is 0 Å². The Kier molecular flexibility index (Phi) is 2.94. The third kappa shape index (κ3) is 3.76. The predicted molar refractivity (Wildman–Crippen MR) is 49.5 cm³/mol. The maximum atomic E-state index is 5.91.